The van der Waals surface area contributed by atoms with Gasteiger partial charge in [0.1, 0.15) is 17.4 Å². The van der Waals surface area contributed by atoms with Crippen LogP contribution in [0.2, 0.25) is 0 Å². The van der Waals surface area contributed by atoms with Crippen LogP contribution in [0.15, 0.2) is 35.0 Å². The van der Waals surface area contributed by atoms with Gasteiger partial charge in [0.25, 0.3) is 5.82 Å². The molecular weight excluding hydrogens is 250 g/mol. The molecule has 1 saturated carbocycles. The fraction of sp³-hybridized carbons (Fsp3) is 0.375. The van der Waals surface area contributed by atoms with Crippen molar-refractivity contribution in [3.05, 3.63) is 30.6 Å². The maximum Gasteiger partial charge on any atom is 0.271 e. The lowest BCUT2D eigenvalue weighted by Crippen LogP contribution is -2.85. The molecule has 0 atom stereocenters. The summed E-state index contributed by atoms with van der Waals surface area (Å²) in [4.78, 5) is 8.83. The van der Waals surface area contributed by atoms with Crippen molar-refractivity contribution in [2.75, 3.05) is 0 Å². The van der Waals surface area contributed by atoms with E-state index in [1.165, 1.54) is 32.1 Å². The van der Waals surface area contributed by atoms with E-state index < -0.39 is 0 Å². The van der Waals surface area contributed by atoms with E-state index in [0.29, 0.717) is 6.04 Å². The number of nitrogens with zero attached hydrogens (tertiary/aromatic N) is 2. The molecule has 1 aromatic carbocycles. The van der Waals surface area contributed by atoms with E-state index in [9.17, 15) is 0 Å². The molecule has 0 bridgehead atoms. The van der Waals surface area contributed by atoms with Crippen LogP contribution in [-0.4, -0.2) is 16.0 Å². The number of rotatable bonds is 2. The van der Waals surface area contributed by atoms with Gasteiger partial charge in [-0.3, -0.25) is 5.32 Å². The van der Waals surface area contributed by atoms with Crippen LogP contribution in [-0.2, 0) is 0 Å². The first kappa shape index (κ1) is 11.9. The average Bonchev–Trinajstić information content (AvgIpc) is 2.88. The highest BCUT2D eigenvalue weighted by Crippen LogP contribution is 2.28. The van der Waals surface area contributed by atoms with Crippen LogP contribution in [0.25, 0.3) is 22.1 Å². The van der Waals surface area contributed by atoms with Gasteiger partial charge in [0.05, 0.1) is 6.04 Å². The van der Waals surface area contributed by atoms with Gasteiger partial charge in [-0.25, -0.2) is 4.98 Å². The third-order valence-corrected chi connectivity index (χ3v) is 4.23. The molecule has 4 heteroatoms. The van der Waals surface area contributed by atoms with Crippen LogP contribution in [0, 0.1) is 0 Å². The van der Waals surface area contributed by atoms with E-state index in [1.54, 1.807) is 6.33 Å². The molecule has 1 aliphatic carbocycles. The summed E-state index contributed by atoms with van der Waals surface area (Å²) in [6.07, 6.45) is 8.22. The number of nitrogens with two attached hydrogens (primary N) is 1. The van der Waals surface area contributed by atoms with Crippen LogP contribution >= 0.6 is 0 Å². The highest BCUT2D eigenvalue weighted by molar-refractivity contribution is 6.04. The standard InChI is InChI=1S/C16H17N3O/c1-2-6-11(7-3-1)19-16-15-14(17-10-18-16)12-8-4-5-9-13(12)20-15/h4-5,8-11H,1-3,6-7H2,(H,17,18,19)/p+1. The molecule has 0 radical (unpaired) electrons. The van der Waals surface area contributed by atoms with Crippen molar-refractivity contribution in [1.82, 2.24) is 9.97 Å². The second kappa shape index (κ2) is 4.87. The van der Waals surface area contributed by atoms with Crippen LogP contribution in [0.3, 0.4) is 0 Å². The molecule has 0 spiro atoms. The van der Waals surface area contributed by atoms with E-state index in [2.05, 4.69) is 21.4 Å². The number of para-hydroxylation sites is 1. The summed E-state index contributed by atoms with van der Waals surface area (Å²) < 4.78 is 5.97. The number of furan rings is 1. The molecule has 0 aliphatic heterocycles. The quantitative estimate of drug-likeness (QED) is 0.777. The first-order valence-electron chi connectivity index (χ1n) is 7.39. The van der Waals surface area contributed by atoms with Crippen molar-refractivity contribution in [2.24, 2.45) is 0 Å². The van der Waals surface area contributed by atoms with Crippen molar-refractivity contribution >= 4 is 27.9 Å². The van der Waals surface area contributed by atoms with Crippen LogP contribution in [0.4, 0.5) is 5.82 Å². The van der Waals surface area contributed by atoms with Crippen LogP contribution in [0.1, 0.15) is 32.1 Å². The summed E-state index contributed by atoms with van der Waals surface area (Å²) in [6.45, 7) is 0. The second-order valence-corrected chi connectivity index (χ2v) is 5.60. The lowest BCUT2D eigenvalue weighted by Gasteiger charge is -2.18. The van der Waals surface area contributed by atoms with Crippen molar-refractivity contribution in [3.63, 3.8) is 0 Å². The van der Waals surface area contributed by atoms with Crippen molar-refractivity contribution < 1.29 is 9.73 Å². The molecule has 2 N–H and O–H groups in total. The molecule has 102 valence electrons. The number of fused-ring (bicyclic) bond motifs is 3. The monoisotopic (exact) mass is 268 g/mol. The molecule has 2 aromatic heterocycles. The molecule has 1 fully saturated rings. The van der Waals surface area contributed by atoms with Gasteiger partial charge in [0.15, 0.2) is 0 Å². The normalized spacial score (nSPS) is 17.0. The van der Waals surface area contributed by atoms with Crippen LogP contribution in [0.5, 0.6) is 0 Å². The van der Waals surface area contributed by atoms with E-state index in [-0.39, 0.29) is 0 Å². The zero-order valence-electron chi connectivity index (χ0n) is 11.4. The van der Waals surface area contributed by atoms with Gasteiger partial charge in [-0.1, -0.05) is 18.6 Å². The largest absolute Gasteiger partial charge is 0.446 e. The fourth-order valence-electron chi connectivity index (χ4n) is 3.18. The average molecular weight is 268 g/mol. The molecule has 0 amide bonds. The van der Waals surface area contributed by atoms with Gasteiger partial charge in [-0.05, 0) is 37.8 Å². The molecule has 4 nitrogen and oxygen atoms in total. The minimum absolute atomic E-state index is 0.634. The summed E-state index contributed by atoms with van der Waals surface area (Å²) in [5, 5.41) is 3.36. The molecule has 1 aliphatic rings. The predicted molar refractivity (Wildman–Crippen MR) is 77.8 cm³/mol. The van der Waals surface area contributed by atoms with Gasteiger partial charge in [0.2, 0.25) is 5.58 Å². The zero-order valence-corrected chi connectivity index (χ0v) is 11.4. The molecule has 0 unspecified atom stereocenters. The first-order chi connectivity index (χ1) is 9.92. The topological polar surface area (TPSA) is 55.5 Å². The summed E-state index contributed by atoms with van der Waals surface area (Å²) in [5.74, 6) is 0.957. The van der Waals surface area contributed by atoms with Gasteiger partial charge >= 0.3 is 0 Å². The summed E-state index contributed by atoms with van der Waals surface area (Å²) >= 11 is 0. The number of benzene rings is 1. The number of hydrogen-bond acceptors (Lipinski definition) is 3. The molecule has 20 heavy (non-hydrogen) atoms. The minimum atomic E-state index is 0.634. The summed E-state index contributed by atoms with van der Waals surface area (Å²) in [7, 11) is 0. The van der Waals surface area contributed by atoms with Gasteiger partial charge in [-0.15, -0.1) is 0 Å². The summed E-state index contributed by atoms with van der Waals surface area (Å²) in [5.41, 5.74) is 2.65. The van der Waals surface area contributed by atoms with Crippen molar-refractivity contribution in [2.45, 2.75) is 38.1 Å². The fourth-order valence-corrected chi connectivity index (χ4v) is 3.18. The van der Waals surface area contributed by atoms with Crippen molar-refractivity contribution in [3.8, 4) is 0 Å². The Morgan fingerprint density at radius 2 is 1.90 bits per heavy atom. The van der Waals surface area contributed by atoms with E-state index in [1.807, 2.05) is 18.2 Å². The molecule has 4 rings (SSSR count). The Bertz CT molecular complexity index is 744. The van der Waals surface area contributed by atoms with Crippen LogP contribution < -0.4 is 5.32 Å². The Morgan fingerprint density at radius 1 is 1.05 bits per heavy atom. The van der Waals surface area contributed by atoms with E-state index in [4.69, 9.17) is 4.42 Å². The lowest BCUT2D eigenvalue weighted by atomic mass is 9.95. The highest BCUT2D eigenvalue weighted by Gasteiger charge is 2.21. The highest BCUT2D eigenvalue weighted by atomic mass is 16.3. The first-order valence-corrected chi connectivity index (χ1v) is 7.39. The molecule has 0 saturated heterocycles. The molecular formula is C16H18N3O+. The van der Waals surface area contributed by atoms with Crippen molar-refractivity contribution in [1.29, 1.82) is 0 Å². The summed E-state index contributed by atoms with van der Waals surface area (Å²) in [6, 6.07) is 8.68. The smallest absolute Gasteiger partial charge is 0.271 e. The Balaban J connectivity index is 1.78. The molecule has 3 aromatic rings. The SMILES string of the molecule is c1ccc2c(c1)oc1c([NH2+]C3CCCCC3)ncnc12. The predicted octanol–water partition coefficient (Wildman–Crippen LogP) is 2.90. The van der Waals surface area contributed by atoms with Gasteiger partial charge in [0, 0.05) is 5.39 Å². The third kappa shape index (κ3) is 1.96. The second-order valence-electron chi connectivity index (χ2n) is 5.60. The van der Waals surface area contributed by atoms with E-state index in [0.717, 1.165) is 27.9 Å². The number of hydrogen-bond donors (Lipinski definition) is 1. The Kier molecular flexibility index (Phi) is 2.89. The third-order valence-electron chi connectivity index (χ3n) is 4.23. The Hall–Kier alpha value is -1.94. The molecule has 2 heterocycles. The zero-order chi connectivity index (χ0) is 13.4. The number of quaternary nitrogens is 1. The minimum Gasteiger partial charge on any atom is -0.446 e. The van der Waals surface area contributed by atoms with Gasteiger partial charge < -0.3 is 4.42 Å². The van der Waals surface area contributed by atoms with E-state index >= 15 is 0 Å². The van der Waals surface area contributed by atoms with Gasteiger partial charge in [-0.2, -0.15) is 4.98 Å². The lowest BCUT2D eigenvalue weighted by molar-refractivity contribution is -0.616. The Morgan fingerprint density at radius 3 is 2.80 bits per heavy atom. The Labute approximate surface area is 117 Å². The maximum absolute atomic E-state index is 5.97. The number of aromatic nitrogens is 2. The maximum atomic E-state index is 5.97.